The van der Waals surface area contributed by atoms with Gasteiger partial charge in [-0.1, -0.05) is 6.07 Å². The third-order valence-corrected chi connectivity index (χ3v) is 3.16. The average Bonchev–Trinajstić information content (AvgIpc) is 2.27. The van der Waals surface area contributed by atoms with Crippen molar-refractivity contribution in [3.8, 4) is 0 Å². The van der Waals surface area contributed by atoms with Crippen LogP contribution in [0.5, 0.6) is 0 Å². The molecule has 0 unspecified atom stereocenters. The Bertz CT molecular complexity index is 389. The first kappa shape index (κ1) is 7.55. The van der Waals surface area contributed by atoms with Crippen LogP contribution in [0.2, 0.25) is 0 Å². The van der Waals surface area contributed by atoms with Crippen LogP contribution in [0.3, 0.4) is 0 Å². The van der Waals surface area contributed by atoms with Gasteiger partial charge in [0.2, 0.25) is 0 Å². The quantitative estimate of drug-likeness (QED) is 0.642. The molecule has 0 fully saturated rings. The van der Waals surface area contributed by atoms with Crippen molar-refractivity contribution in [2.24, 2.45) is 0 Å². The highest BCUT2D eigenvalue weighted by molar-refractivity contribution is 14.1. The predicted octanol–water partition coefficient (Wildman–Crippen LogP) is 3.69. The normalized spacial score (nSPS) is 10.7. The smallest absolute Gasteiger partial charge is 0.0356 e. The Morgan fingerprint density at radius 1 is 1.27 bits per heavy atom. The molecule has 2 heteroatoms. The maximum absolute atomic E-state index is 3.90. The molecule has 0 aliphatic heterocycles. The fourth-order valence-corrected chi connectivity index (χ4v) is 2.66. The first-order valence-electron chi connectivity index (χ1n) is 3.27. The fraction of sp³-hybridized carbons (Fsp3) is 0. The van der Waals surface area contributed by atoms with Gasteiger partial charge in [0.1, 0.15) is 0 Å². The van der Waals surface area contributed by atoms with Crippen LogP contribution in [0.25, 0.3) is 10.1 Å². The second-order valence-corrected chi connectivity index (χ2v) is 4.81. The fourth-order valence-electron chi connectivity index (χ4n) is 1.06. The largest absolute Gasteiger partial charge is 0.140 e. The highest BCUT2D eigenvalue weighted by atomic mass is 127. The van der Waals surface area contributed by atoms with Crippen molar-refractivity contribution < 1.29 is 0 Å². The van der Waals surface area contributed by atoms with Gasteiger partial charge in [0, 0.05) is 13.1 Å². The van der Waals surface area contributed by atoms with Crippen LogP contribution in [0.15, 0.2) is 24.3 Å². The molecule has 0 N–H and O–H groups in total. The van der Waals surface area contributed by atoms with Gasteiger partial charge >= 0.3 is 0 Å². The van der Waals surface area contributed by atoms with Gasteiger partial charge in [0.05, 0.1) is 0 Å². The van der Waals surface area contributed by atoms with E-state index in [9.17, 15) is 0 Å². The lowest BCUT2D eigenvalue weighted by atomic mass is 10.2. The number of rotatable bonds is 0. The summed E-state index contributed by atoms with van der Waals surface area (Å²) in [6.07, 6.45) is 0. The second-order valence-electron chi connectivity index (χ2n) is 2.39. The molecule has 0 nitrogen and oxygen atoms in total. The molecule has 2 rings (SSSR count). The number of hydrogen-bond acceptors (Lipinski definition) is 1. The second kappa shape index (κ2) is 2.75. The Hall–Kier alpha value is -0.0900. The highest BCUT2D eigenvalue weighted by Gasteiger charge is 1.97. The molecule has 55 valence electrons. The van der Waals surface area contributed by atoms with Crippen LogP contribution < -0.4 is 0 Å². The standard InChI is InChI=1S/C9H6IS/c1-6-4-7-2-3-8(10)5-9(7)11-6/h2-5H,1H2. The minimum absolute atomic E-state index is 1.14. The molecule has 11 heavy (non-hydrogen) atoms. The summed E-state index contributed by atoms with van der Waals surface area (Å²) in [6, 6.07) is 8.57. The van der Waals surface area contributed by atoms with Crippen LogP contribution in [0, 0.1) is 10.5 Å². The van der Waals surface area contributed by atoms with E-state index in [1.807, 2.05) is 0 Å². The van der Waals surface area contributed by atoms with Gasteiger partial charge in [-0.3, -0.25) is 0 Å². The molecule has 1 aromatic carbocycles. The molecular formula is C9H6IS. The van der Waals surface area contributed by atoms with Gasteiger partial charge in [0.15, 0.2) is 0 Å². The van der Waals surface area contributed by atoms with E-state index in [1.165, 1.54) is 13.7 Å². The Kier molecular flexibility index (Phi) is 1.89. The Morgan fingerprint density at radius 2 is 2.09 bits per heavy atom. The molecule has 0 amide bonds. The van der Waals surface area contributed by atoms with E-state index >= 15 is 0 Å². The zero-order valence-electron chi connectivity index (χ0n) is 5.80. The maximum atomic E-state index is 3.90. The first-order valence-corrected chi connectivity index (χ1v) is 5.16. The number of benzene rings is 1. The van der Waals surface area contributed by atoms with E-state index < -0.39 is 0 Å². The topological polar surface area (TPSA) is 0 Å². The summed E-state index contributed by atoms with van der Waals surface area (Å²) < 4.78 is 2.62. The Balaban J connectivity index is 2.82. The first-order chi connectivity index (χ1) is 5.25. The predicted molar refractivity (Wildman–Crippen MR) is 59.0 cm³/mol. The molecule has 0 aliphatic rings. The van der Waals surface area contributed by atoms with Gasteiger partial charge in [-0.25, -0.2) is 0 Å². The summed E-state index contributed by atoms with van der Waals surface area (Å²) in [5, 5.41) is 1.31. The minimum Gasteiger partial charge on any atom is -0.140 e. The third kappa shape index (κ3) is 1.42. The van der Waals surface area contributed by atoms with Crippen molar-refractivity contribution in [1.82, 2.24) is 0 Å². The van der Waals surface area contributed by atoms with Crippen molar-refractivity contribution in [3.05, 3.63) is 39.6 Å². The Morgan fingerprint density at radius 3 is 2.91 bits per heavy atom. The molecule has 0 saturated carbocycles. The van der Waals surface area contributed by atoms with Crippen LogP contribution in [-0.2, 0) is 0 Å². The van der Waals surface area contributed by atoms with Crippen molar-refractivity contribution >= 4 is 44.0 Å². The lowest BCUT2D eigenvalue weighted by Crippen LogP contribution is -1.65. The van der Waals surface area contributed by atoms with Crippen LogP contribution in [0.1, 0.15) is 4.88 Å². The summed E-state index contributed by atoms with van der Waals surface area (Å²) in [6.45, 7) is 3.90. The van der Waals surface area contributed by atoms with E-state index in [0.29, 0.717) is 0 Å². The number of halogens is 1. The molecule has 1 radical (unpaired) electrons. The number of hydrogen-bond donors (Lipinski definition) is 0. The van der Waals surface area contributed by atoms with E-state index in [1.54, 1.807) is 11.3 Å². The molecule has 0 atom stereocenters. The summed E-state index contributed by atoms with van der Waals surface area (Å²) in [4.78, 5) is 1.14. The third-order valence-electron chi connectivity index (χ3n) is 1.53. The van der Waals surface area contributed by atoms with Gasteiger partial charge in [0.25, 0.3) is 0 Å². The number of thiophene rings is 1. The summed E-state index contributed by atoms with van der Waals surface area (Å²) >= 11 is 4.07. The lowest BCUT2D eigenvalue weighted by Gasteiger charge is -1.88. The van der Waals surface area contributed by atoms with Crippen molar-refractivity contribution in [2.45, 2.75) is 0 Å². The number of fused-ring (bicyclic) bond motifs is 1. The maximum Gasteiger partial charge on any atom is 0.0356 e. The molecule has 2 aromatic rings. The summed E-state index contributed by atoms with van der Waals surface area (Å²) in [7, 11) is 0. The van der Waals surface area contributed by atoms with Crippen LogP contribution in [-0.4, -0.2) is 0 Å². The van der Waals surface area contributed by atoms with E-state index in [4.69, 9.17) is 0 Å². The average molecular weight is 273 g/mol. The van der Waals surface area contributed by atoms with Crippen LogP contribution >= 0.6 is 33.9 Å². The molecule has 0 bridgehead atoms. The molecule has 1 heterocycles. The Labute approximate surface area is 83.4 Å². The van der Waals surface area contributed by atoms with Crippen molar-refractivity contribution in [2.75, 3.05) is 0 Å². The lowest BCUT2D eigenvalue weighted by molar-refractivity contribution is 1.76. The molecule has 0 saturated heterocycles. The van der Waals surface area contributed by atoms with E-state index in [2.05, 4.69) is 53.8 Å². The van der Waals surface area contributed by atoms with Gasteiger partial charge in [-0.2, -0.15) is 0 Å². The van der Waals surface area contributed by atoms with E-state index in [0.717, 1.165) is 4.88 Å². The van der Waals surface area contributed by atoms with E-state index in [-0.39, 0.29) is 0 Å². The summed E-state index contributed by atoms with van der Waals surface area (Å²) in [5.41, 5.74) is 0. The minimum atomic E-state index is 1.14. The van der Waals surface area contributed by atoms with Crippen LogP contribution in [0.4, 0.5) is 0 Å². The van der Waals surface area contributed by atoms with Crippen molar-refractivity contribution in [3.63, 3.8) is 0 Å². The van der Waals surface area contributed by atoms with Crippen molar-refractivity contribution in [1.29, 1.82) is 0 Å². The molecule has 0 spiro atoms. The van der Waals surface area contributed by atoms with Gasteiger partial charge in [-0.15, -0.1) is 11.3 Å². The zero-order valence-corrected chi connectivity index (χ0v) is 8.78. The summed E-state index contributed by atoms with van der Waals surface area (Å²) in [5.74, 6) is 0. The molecule has 1 aromatic heterocycles. The van der Waals surface area contributed by atoms with Gasteiger partial charge < -0.3 is 0 Å². The molecule has 0 aliphatic carbocycles. The molecular weight excluding hydrogens is 267 g/mol. The van der Waals surface area contributed by atoms with Gasteiger partial charge in [-0.05, 0) is 53.1 Å². The monoisotopic (exact) mass is 273 g/mol. The SMILES string of the molecule is [CH2]c1cc2ccc(I)cc2s1. The highest BCUT2D eigenvalue weighted by Crippen LogP contribution is 2.26. The zero-order chi connectivity index (χ0) is 7.84.